The number of hydrogen-bond acceptors (Lipinski definition) is 10. The second-order valence-electron chi connectivity index (χ2n) is 8.22. The average molecular weight is 547 g/mol. The van der Waals surface area contributed by atoms with Gasteiger partial charge in [0.05, 0.1) is 30.8 Å². The van der Waals surface area contributed by atoms with Crippen LogP contribution in [0.1, 0.15) is 20.8 Å². The first-order valence-electron chi connectivity index (χ1n) is 9.79. The molecule has 0 aliphatic rings. The minimum atomic E-state index is -6.08. The summed E-state index contributed by atoms with van der Waals surface area (Å²) in [5.74, 6) is -0.287. The number of thiazole rings is 1. The van der Waals surface area contributed by atoms with Gasteiger partial charge in [0, 0.05) is 0 Å². The predicted octanol–water partition coefficient (Wildman–Crippen LogP) is 4.78. The van der Waals surface area contributed by atoms with Gasteiger partial charge in [-0.3, -0.25) is 0 Å². The number of nitrogens with one attached hydrogen (secondary N) is 1. The van der Waals surface area contributed by atoms with Gasteiger partial charge in [0.1, 0.15) is 5.82 Å². The number of fused-ring (bicyclic) bond motifs is 2. The van der Waals surface area contributed by atoms with E-state index in [-0.39, 0.29) is 26.7 Å². The molecular formula is C20H17F3N4O5S3. The van der Waals surface area contributed by atoms with Crippen LogP contribution in [0.4, 0.5) is 24.1 Å². The third-order valence-corrected chi connectivity index (χ3v) is 9.17. The fraction of sp³-hybridized carbons (Fsp3) is 0.250. The van der Waals surface area contributed by atoms with Gasteiger partial charge in [0.15, 0.2) is 15.0 Å². The number of aromatic nitrogens is 3. The third kappa shape index (κ3) is 4.62. The van der Waals surface area contributed by atoms with Gasteiger partial charge < -0.3 is 9.50 Å². The highest BCUT2D eigenvalue weighted by molar-refractivity contribution is 7.93. The molecule has 0 unspecified atom stereocenters. The van der Waals surface area contributed by atoms with E-state index in [1.54, 1.807) is 24.3 Å². The summed E-state index contributed by atoms with van der Waals surface area (Å²) >= 11 is 1.17. The first kappa shape index (κ1) is 25.1. The smallest absolute Gasteiger partial charge is 0.336 e. The number of benzene rings is 2. The summed E-state index contributed by atoms with van der Waals surface area (Å²) in [6.07, 6.45) is 0. The van der Waals surface area contributed by atoms with Crippen LogP contribution in [-0.4, -0.2) is 42.0 Å². The second kappa shape index (κ2) is 8.27. The van der Waals surface area contributed by atoms with Crippen LogP contribution >= 0.6 is 11.3 Å². The molecule has 0 atom stereocenters. The van der Waals surface area contributed by atoms with Crippen LogP contribution in [0.25, 0.3) is 21.1 Å². The van der Waals surface area contributed by atoms with Crippen molar-refractivity contribution in [2.24, 2.45) is 0 Å². The molecule has 0 saturated carbocycles. The third-order valence-electron chi connectivity index (χ3n) is 4.75. The molecule has 1 N–H and O–H groups in total. The van der Waals surface area contributed by atoms with E-state index in [0.717, 1.165) is 4.70 Å². The molecule has 0 saturated heterocycles. The highest BCUT2D eigenvalue weighted by atomic mass is 32.2. The number of alkyl halides is 3. The van der Waals surface area contributed by atoms with Crippen LogP contribution in [0, 0.1) is 0 Å². The lowest BCUT2D eigenvalue weighted by Crippen LogP contribution is -2.29. The van der Waals surface area contributed by atoms with Gasteiger partial charge in [-0.1, -0.05) is 29.5 Å². The standard InChI is InChI=1S/C20H17F3N4O5S3/c1-19(2,3)34(28,29)14-10-6-8-12-15(14)16(26-17(24-12)32-35(30,31)20(21,22)23)27-18-25-11-7-4-5-9-13(11)33-18/h4-10H,1-3H3,(H,24,25,26,27). The Morgan fingerprint density at radius 3 is 2.17 bits per heavy atom. The summed E-state index contributed by atoms with van der Waals surface area (Å²) < 4.78 is 92.0. The van der Waals surface area contributed by atoms with Crippen molar-refractivity contribution in [1.29, 1.82) is 0 Å². The zero-order valence-corrected chi connectivity index (χ0v) is 20.7. The molecule has 0 spiro atoms. The summed E-state index contributed by atoms with van der Waals surface area (Å²) in [6.45, 7) is 4.45. The Morgan fingerprint density at radius 2 is 1.54 bits per heavy atom. The first-order valence-corrected chi connectivity index (χ1v) is 13.5. The van der Waals surface area contributed by atoms with Gasteiger partial charge in [-0.05, 0) is 45.0 Å². The number of nitrogens with zero attached hydrogens (tertiary/aromatic N) is 3. The molecule has 2 heterocycles. The summed E-state index contributed by atoms with van der Waals surface area (Å²) in [4.78, 5) is 11.7. The number of rotatable bonds is 5. The molecule has 15 heteroatoms. The largest absolute Gasteiger partial charge is 0.534 e. The van der Waals surface area contributed by atoms with Crippen molar-refractivity contribution in [2.75, 3.05) is 5.32 Å². The SMILES string of the molecule is CC(C)(C)S(=O)(=O)c1cccc2nc(OS(=O)(=O)C(F)(F)F)nc(Nc3nc4ccccc4s3)c12. The van der Waals surface area contributed by atoms with Gasteiger partial charge in [-0.15, -0.1) is 0 Å². The van der Waals surface area contributed by atoms with E-state index in [1.165, 1.54) is 50.3 Å². The monoisotopic (exact) mass is 546 g/mol. The fourth-order valence-electron chi connectivity index (χ4n) is 2.98. The van der Waals surface area contributed by atoms with Crippen LogP contribution in [0.2, 0.25) is 0 Å². The average Bonchev–Trinajstić information content (AvgIpc) is 3.13. The minimum absolute atomic E-state index is 0.0570. The van der Waals surface area contributed by atoms with Crippen LogP contribution in [0.3, 0.4) is 0 Å². The summed E-state index contributed by atoms with van der Waals surface area (Å²) in [6, 6.07) is 9.87. The molecule has 2 aromatic carbocycles. The molecule has 186 valence electrons. The molecule has 0 amide bonds. The number of para-hydroxylation sites is 1. The Morgan fingerprint density at radius 1 is 0.886 bits per heavy atom. The molecule has 2 aromatic heterocycles. The number of sulfone groups is 1. The Labute approximate surface area is 202 Å². The van der Waals surface area contributed by atoms with Crippen molar-refractivity contribution in [3.05, 3.63) is 42.5 Å². The molecule has 0 aliphatic heterocycles. The van der Waals surface area contributed by atoms with Crippen molar-refractivity contribution < 1.29 is 34.2 Å². The normalized spacial score (nSPS) is 13.3. The fourth-order valence-corrected chi connectivity index (χ4v) is 5.60. The van der Waals surface area contributed by atoms with Gasteiger partial charge in [0.2, 0.25) is 0 Å². The summed E-state index contributed by atoms with van der Waals surface area (Å²) in [5.41, 5.74) is -5.26. The lowest BCUT2D eigenvalue weighted by molar-refractivity contribution is -0.0502. The highest BCUT2D eigenvalue weighted by Crippen LogP contribution is 2.37. The van der Waals surface area contributed by atoms with E-state index in [4.69, 9.17) is 0 Å². The second-order valence-corrected chi connectivity index (χ2v) is 13.5. The van der Waals surface area contributed by atoms with E-state index in [2.05, 4.69) is 24.5 Å². The van der Waals surface area contributed by atoms with Crippen molar-refractivity contribution in [2.45, 2.75) is 35.9 Å². The molecule has 4 aromatic rings. The molecule has 35 heavy (non-hydrogen) atoms. The molecule has 0 fully saturated rings. The number of halogens is 3. The van der Waals surface area contributed by atoms with E-state index in [0.29, 0.717) is 5.52 Å². The molecule has 0 aliphatic carbocycles. The van der Waals surface area contributed by atoms with Crippen LogP contribution in [0.15, 0.2) is 47.4 Å². The maximum absolute atomic E-state index is 13.3. The van der Waals surface area contributed by atoms with Crippen LogP contribution in [0.5, 0.6) is 6.01 Å². The molecule has 4 rings (SSSR count). The zero-order valence-electron chi connectivity index (χ0n) is 18.3. The minimum Gasteiger partial charge on any atom is -0.336 e. The Hall–Kier alpha value is -3.04. The van der Waals surface area contributed by atoms with Crippen LogP contribution < -0.4 is 9.50 Å². The van der Waals surface area contributed by atoms with Crippen LogP contribution in [-0.2, 0) is 20.0 Å². The van der Waals surface area contributed by atoms with Crippen molar-refractivity contribution in [1.82, 2.24) is 15.0 Å². The maximum atomic E-state index is 13.3. The molecule has 9 nitrogen and oxygen atoms in total. The Bertz CT molecular complexity index is 1630. The highest BCUT2D eigenvalue weighted by Gasteiger charge is 2.49. The van der Waals surface area contributed by atoms with Crippen molar-refractivity contribution >= 4 is 63.4 Å². The quantitative estimate of drug-likeness (QED) is 0.278. The lowest BCUT2D eigenvalue weighted by Gasteiger charge is -2.21. The van der Waals surface area contributed by atoms with E-state index >= 15 is 0 Å². The molecular weight excluding hydrogens is 529 g/mol. The Kier molecular flexibility index (Phi) is 5.92. The Balaban J connectivity index is 1.97. The van der Waals surface area contributed by atoms with Gasteiger partial charge in [0.25, 0.3) is 0 Å². The van der Waals surface area contributed by atoms with Crippen molar-refractivity contribution in [3.63, 3.8) is 0 Å². The summed E-state index contributed by atoms with van der Waals surface area (Å²) in [7, 11) is -10.1. The van der Waals surface area contributed by atoms with Crippen molar-refractivity contribution in [3.8, 4) is 6.01 Å². The van der Waals surface area contributed by atoms with Gasteiger partial charge in [-0.2, -0.15) is 31.6 Å². The summed E-state index contributed by atoms with van der Waals surface area (Å²) in [5, 5.41) is 2.98. The number of anilines is 2. The van der Waals surface area contributed by atoms with Gasteiger partial charge in [-0.25, -0.2) is 13.4 Å². The molecule has 0 bridgehead atoms. The number of hydrogen-bond donors (Lipinski definition) is 1. The molecule has 0 radical (unpaired) electrons. The zero-order chi connectivity index (χ0) is 25.8. The maximum Gasteiger partial charge on any atom is 0.534 e. The first-order chi connectivity index (χ1) is 16.1. The van der Waals surface area contributed by atoms with E-state index < -0.39 is 36.2 Å². The lowest BCUT2D eigenvalue weighted by atomic mass is 10.2. The topological polar surface area (TPSA) is 128 Å². The van der Waals surface area contributed by atoms with Gasteiger partial charge >= 0.3 is 21.6 Å². The van der Waals surface area contributed by atoms with E-state index in [9.17, 15) is 30.0 Å². The predicted molar refractivity (Wildman–Crippen MR) is 125 cm³/mol. The van der Waals surface area contributed by atoms with E-state index in [1.807, 2.05) is 0 Å².